The van der Waals surface area contributed by atoms with E-state index in [1.54, 1.807) is 16.8 Å². The largest absolute Gasteiger partial charge is 0.493 e. The Kier molecular flexibility index (Phi) is 6.79. The zero-order valence-corrected chi connectivity index (χ0v) is 16.2. The van der Waals surface area contributed by atoms with Gasteiger partial charge in [-0.15, -0.1) is 11.3 Å². The zero-order chi connectivity index (χ0) is 19.1. The molecule has 0 aliphatic carbocycles. The summed E-state index contributed by atoms with van der Waals surface area (Å²) in [5, 5.41) is 9.46. The maximum absolute atomic E-state index is 10.9. The average molecular weight is 385 g/mol. The van der Waals surface area contributed by atoms with Crippen LogP contribution >= 0.6 is 11.3 Å². The lowest BCUT2D eigenvalue weighted by atomic mass is 10.1. The van der Waals surface area contributed by atoms with E-state index in [1.165, 1.54) is 4.70 Å². The number of ether oxygens (including phenoxy) is 1. The van der Waals surface area contributed by atoms with Crippen molar-refractivity contribution in [2.24, 2.45) is 0 Å². The van der Waals surface area contributed by atoms with Crippen LogP contribution in [0.2, 0.25) is 0 Å². The van der Waals surface area contributed by atoms with Crippen molar-refractivity contribution in [1.29, 1.82) is 0 Å². The van der Waals surface area contributed by atoms with E-state index in [1.807, 2.05) is 24.3 Å². The number of thiazole rings is 1. The molecular weight excluding hydrogens is 360 g/mol. The predicted octanol–water partition coefficient (Wildman–Crippen LogP) is 5.11. The Morgan fingerprint density at radius 1 is 1.15 bits per heavy atom. The molecule has 6 heteroatoms. The van der Waals surface area contributed by atoms with Gasteiger partial charge < -0.3 is 4.74 Å². The number of unbranched alkanes of at least 4 members (excludes halogenated alkanes) is 3. The Hall–Kier alpha value is -2.44. The van der Waals surface area contributed by atoms with Crippen molar-refractivity contribution in [3.63, 3.8) is 0 Å². The molecule has 0 unspecified atom stereocenters. The predicted molar refractivity (Wildman–Crippen MR) is 108 cm³/mol. The topological polar surface area (TPSA) is 71.5 Å². The second-order valence-electron chi connectivity index (χ2n) is 6.51. The van der Waals surface area contributed by atoms with Gasteiger partial charge in [0, 0.05) is 12.0 Å². The summed E-state index contributed by atoms with van der Waals surface area (Å²) >= 11 is 1.70. The third-order valence-corrected chi connectivity index (χ3v) is 5.48. The third kappa shape index (κ3) is 5.28. The highest BCUT2D eigenvalue weighted by atomic mass is 32.1. The molecule has 1 heterocycles. The first-order valence-electron chi connectivity index (χ1n) is 9.19. The molecule has 0 atom stereocenters. The summed E-state index contributed by atoms with van der Waals surface area (Å²) in [6, 6.07) is 14.4. The smallest absolute Gasteiger partial charge is 0.243 e. The number of hydrogen-bond donors (Lipinski definition) is 2. The van der Waals surface area contributed by atoms with Gasteiger partial charge in [0.2, 0.25) is 5.91 Å². The average Bonchev–Trinajstić information content (AvgIpc) is 3.12. The number of benzene rings is 2. The summed E-state index contributed by atoms with van der Waals surface area (Å²) < 4.78 is 7.10. The number of nitrogens with zero attached hydrogens (tertiary/aromatic N) is 1. The Morgan fingerprint density at radius 3 is 2.74 bits per heavy atom. The van der Waals surface area contributed by atoms with Crippen LogP contribution in [0.5, 0.6) is 5.75 Å². The Morgan fingerprint density at radius 2 is 1.96 bits per heavy atom. The first-order valence-corrected chi connectivity index (χ1v) is 10.0. The van der Waals surface area contributed by atoms with Gasteiger partial charge in [0.15, 0.2) is 0 Å². The Bertz CT molecular complexity index is 874. The number of rotatable bonds is 9. The van der Waals surface area contributed by atoms with Crippen molar-refractivity contribution in [3.05, 3.63) is 48.0 Å². The van der Waals surface area contributed by atoms with E-state index < -0.39 is 0 Å². The molecule has 0 spiro atoms. The number of aromatic nitrogens is 1. The Labute approximate surface area is 163 Å². The fourth-order valence-electron chi connectivity index (χ4n) is 2.92. The van der Waals surface area contributed by atoms with Crippen LogP contribution in [0.25, 0.3) is 20.8 Å². The van der Waals surface area contributed by atoms with Crippen LogP contribution < -0.4 is 10.2 Å². The summed E-state index contributed by atoms with van der Waals surface area (Å²) in [5.41, 5.74) is 4.90. The fourth-order valence-corrected chi connectivity index (χ4v) is 3.88. The molecule has 5 nitrogen and oxygen atoms in total. The molecule has 2 aromatic carbocycles. The van der Waals surface area contributed by atoms with Gasteiger partial charge in [-0.2, -0.15) is 0 Å². The number of hydroxylamine groups is 1. The summed E-state index contributed by atoms with van der Waals surface area (Å²) in [4.78, 5) is 15.6. The van der Waals surface area contributed by atoms with Crippen LogP contribution in [0.4, 0.5) is 0 Å². The van der Waals surface area contributed by atoms with E-state index in [0.29, 0.717) is 13.0 Å². The van der Waals surface area contributed by atoms with Crippen LogP contribution in [-0.4, -0.2) is 22.7 Å². The molecule has 0 saturated heterocycles. The second kappa shape index (κ2) is 9.48. The quantitative estimate of drug-likeness (QED) is 0.306. The number of amides is 1. The van der Waals surface area contributed by atoms with Crippen molar-refractivity contribution >= 4 is 27.5 Å². The van der Waals surface area contributed by atoms with Gasteiger partial charge >= 0.3 is 0 Å². The number of carbonyl (C=O) groups is 1. The molecule has 0 fully saturated rings. The minimum atomic E-state index is -0.324. The van der Waals surface area contributed by atoms with Crippen molar-refractivity contribution < 1.29 is 14.7 Å². The molecule has 3 rings (SSSR count). The van der Waals surface area contributed by atoms with Gasteiger partial charge in [-0.25, -0.2) is 10.5 Å². The van der Waals surface area contributed by atoms with E-state index in [0.717, 1.165) is 53.1 Å². The monoisotopic (exact) mass is 384 g/mol. The van der Waals surface area contributed by atoms with E-state index in [2.05, 4.69) is 25.1 Å². The van der Waals surface area contributed by atoms with Gasteiger partial charge in [0.25, 0.3) is 0 Å². The summed E-state index contributed by atoms with van der Waals surface area (Å²) in [6.45, 7) is 2.72. The van der Waals surface area contributed by atoms with Crippen molar-refractivity contribution in [3.8, 4) is 16.3 Å². The minimum absolute atomic E-state index is 0.324. The third-order valence-electron chi connectivity index (χ3n) is 4.40. The molecule has 0 bridgehead atoms. The van der Waals surface area contributed by atoms with Crippen molar-refractivity contribution in [2.75, 3.05) is 6.61 Å². The number of nitrogens with one attached hydrogen (secondary N) is 1. The molecule has 0 aliphatic heterocycles. The van der Waals surface area contributed by atoms with Gasteiger partial charge in [-0.05, 0) is 55.7 Å². The van der Waals surface area contributed by atoms with Crippen LogP contribution in [0.1, 0.15) is 37.7 Å². The molecule has 1 aromatic heterocycles. The SMILES string of the molecule is Cc1cc(-c2nc3ccccc3s2)ccc1OCCCCCCC(=O)NO. The van der Waals surface area contributed by atoms with Gasteiger partial charge in [0.1, 0.15) is 10.8 Å². The van der Waals surface area contributed by atoms with Crippen molar-refractivity contribution in [1.82, 2.24) is 10.5 Å². The standard InChI is InChI=1S/C21H24N2O3S/c1-15-14-16(21-22-17-8-5-6-9-19(17)27-21)11-12-18(15)26-13-7-3-2-4-10-20(24)23-25/h5-6,8-9,11-12,14,25H,2-4,7,10,13H2,1H3,(H,23,24). The fraction of sp³-hybridized carbons (Fsp3) is 0.333. The highest BCUT2D eigenvalue weighted by molar-refractivity contribution is 7.21. The molecule has 0 radical (unpaired) electrons. The van der Waals surface area contributed by atoms with Crippen LogP contribution in [0.3, 0.4) is 0 Å². The summed E-state index contributed by atoms with van der Waals surface area (Å²) in [5.74, 6) is 0.578. The first kappa shape index (κ1) is 19.3. The molecule has 142 valence electrons. The van der Waals surface area contributed by atoms with E-state index in [-0.39, 0.29) is 5.91 Å². The molecule has 0 aliphatic rings. The minimum Gasteiger partial charge on any atom is -0.493 e. The molecule has 3 aromatic rings. The van der Waals surface area contributed by atoms with Crippen LogP contribution in [0, 0.1) is 6.92 Å². The maximum Gasteiger partial charge on any atom is 0.243 e. The van der Waals surface area contributed by atoms with Crippen LogP contribution in [0.15, 0.2) is 42.5 Å². The number of aryl methyl sites for hydroxylation is 1. The van der Waals surface area contributed by atoms with E-state index in [9.17, 15) is 4.79 Å². The Balaban J connectivity index is 1.49. The number of fused-ring (bicyclic) bond motifs is 1. The number of hydrogen-bond acceptors (Lipinski definition) is 5. The summed E-state index contributed by atoms with van der Waals surface area (Å²) in [7, 11) is 0. The molecular formula is C21H24N2O3S. The van der Waals surface area contributed by atoms with Gasteiger partial charge in [0.05, 0.1) is 16.8 Å². The molecule has 2 N–H and O–H groups in total. The normalized spacial score (nSPS) is 10.9. The maximum atomic E-state index is 10.9. The van der Waals surface area contributed by atoms with Crippen molar-refractivity contribution in [2.45, 2.75) is 39.0 Å². The van der Waals surface area contributed by atoms with E-state index in [4.69, 9.17) is 14.9 Å². The lowest BCUT2D eigenvalue weighted by Crippen LogP contribution is -2.17. The lowest BCUT2D eigenvalue weighted by Gasteiger charge is -2.10. The number of carbonyl (C=O) groups excluding carboxylic acids is 1. The highest BCUT2D eigenvalue weighted by Gasteiger charge is 2.08. The van der Waals surface area contributed by atoms with E-state index >= 15 is 0 Å². The zero-order valence-electron chi connectivity index (χ0n) is 15.4. The summed E-state index contributed by atoms with van der Waals surface area (Å²) in [6.07, 6.45) is 4.04. The molecule has 1 amide bonds. The second-order valence-corrected chi connectivity index (χ2v) is 7.55. The van der Waals surface area contributed by atoms with Gasteiger partial charge in [-0.3, -0.25) is 10.0 Å². The lowest BCUT2D eigenvalue weighted by molar-refractivity contribution is -0.129. The van der Waals surface area contributed by atoms with Gasteiger partial charge in [-0.1, -0.05) is 25.0 Å². The van der Waals surface area contributed by atoms with Crippen LogP contribution in [-0.2, 0) is 4.79 Å². The molecule has 0 saturated carbocycles. The first-order chi connectivity index (χ1) is 13.2. The molecule has 27 heavy (non-hydrogen) atoms. The highest BCUT2D eigenvalue weighted by Crippen LogP contribution is 2.32. The number of para-hydroxylation sites is 1.